The van der Waals surface area contributed by atoms with Gasteiger partial charge in [0.15, 0.2) is 10.9 Å². The van der Waals surface area contributed by atoms with Crippen molar-refractivity contribution in [2.75, 3.05) is 18.4 Å². The number of carbonyl (C=O) groups is 1. The summed E-state index contributed by atoms with van der Waals surface area (Å²) in [4.78, 5) is 17.2. The Balaban J connectivity index is 1.45. The van der Waals surface area contributed by atoms with E-state index < -0.39 is 10.0 Å². The molecule has 2 atom stereocenters. The standard InChI is InChI=1S/C22H25N3O4S2/c1-14-10-15(2)12-25(11-14)31(27,28)18-7-5-17(6-8-18)21(26)24-22-23-19(13-30-22)20-9-4-16(3)29-20/h4-9,13-15H,10-12H2,1-3H3,(H,23,24,26)/t14-,15+. The summed E-state index contributed by atoms with van der Waals surface area (Å²) in [7, 11) is -3.57. The van der Waals surface area contributed by atoms with Gasteiger partial charge in [0.2, 0.25) is 10.0 Å². The quantitative estimate of drug-likeness (QED) is 0.600. The van der Waals surface area contributed by atoms with E-state index >= 15 is 0 Å². The monoisotopic (exact) mass is 459 g/mol. The van der Waals surface area contributed by atoms with Crippen LogP contribution in [0.5, 0.6) is 0 Å². The van der Waals surface area contributed by atoms with Gasteiger partial charge in [-0.15, -0.1) is 11.3 Å². The molecular weight excluding hydrogens is 434 g/mol. The van der Waals surface area contributed by atoms with E-state index in [0.29, 0.717) is 47.1 Å². The molecule has 1 saturated heterocycles. The summed E-state index contributed by atoms with van der Waals surface area (Å²) in [6, 6.07) is 9.74. The van der Waals surface area contributed by atoms with E-state index in [9.17, 15) is 13.2 Å². The van der Waals surface area contributed by atoms with Crippen LogP contribution in [0.25, 0.3) is 11.5 Å². The van der Waals surface area contributed by atoms with Crippen molar-refractivity contribution in [2.24, 2.45) is 11.8 Å². The number of amides is 1. The van der Waals surface area contributed by atoms with E-state index in [1.807, 2.05) is 24.4 Å². The lowest BCUT2D eigenvalue weighted by Crippen LogP contribution is -2.42. The number of thiazole rings is 1. The van der Waals surface area contributed by atoms with Crippen LogP contribution in [0, 0.1) is 18.8 Å². The molecule has 2 aromatic heterocycles. The Morgan fingerprint density at radius 3 is 2.42 bits per heavy atom. The molecule has 1 N–H and O–H groups in total. The number of aryl methyl sites for hydroxylation is 1. The van der Waals surface area contributed by atoms with Crippen LogP contribution >= 0.6 is 11.3 Å². The van der Waals surface area contributed by atoms with Crippen molar-refractivity contribution in [3.63, 3.8) is 0 Å². The number of hydrogen-bond acceptors (Lipinski definition) is 6. The number of furan rings is 1. The molecule has 1 aliphatic heterocycles. The number of aromatic nitrogens is 1. The molecule has 3 aromatic rings. The fourth-order valence-electron chi connectivity index (χ4n) is 3.92. The Hall–Kier alpha value is -2.49. The fraction of sp³-hybridized carbons (Fsp3) is 0.364. The van der Waals surface area contributed by atoms with Crippen molar-refractivity contribution in [3.8, 4) is 11.5 Å². The molecule has 1 aromatic carbocycles. The minimum Gasteiger partial charge on any atom is -0.460 e. The number of nitrogens with zero attached hydrogens (tertiary/aromatic N) is 2. The maximum absolute atomic E-state index is 13.0. The fourth-order valence-corrected chi connectivity index (χ4v) is 6.29. The highest BCUT2D eigenvalue weighted by Gasteiger charge is 2.31. The van der Waals surface area contributed by atoms with Crippen LogP contribution in [0.3, 0.4) is 0 Å². The Labute approximate surface area is 186 Å². The van der Waals surface area contributed by atoms with E-state index in [2.05, 4.69) is 24.1 Å². The third-order valence-corrected chi connectivity index (χ3v) is 7.91. The van der Waals surface area contributed by atoms with Crippen LogP contribution in [0.15, 0.2) is 51.1 Å². The average Bonchev–Trinajstić information content (AvgIpc) is 3.36. The predicted octanol–water partition coefficient (Wildman–Crippen LogP) is 4.63. The zero-order chi connectivity index (χ0) is 22.2. The number of piperidine rings is 1. The summed E-state index contributed by atoms with van der Waals surface area (Å²) in [6.07, 6.45) is 1.03. The maximum atomic E-state index is 13.0. The first-order valence-corrected chi connectivity index (χ1v) is 12.5. The Bertz CT molecular complexity index is 1170. The molecule has 1 fully saturated rings. The number of hydrogen-bond donors (Lipinski definition) is 1. The minimum atomic E-state index is -3.57. The SMILES string of the molecule is Cc1ccc(-c2csc(NC(=O)c3ccc(S(=O)(=O)N4C[C@H](C)C[C@H](C)C4)cc3)n2)o1. The molecule has 31 heavy (non-hydrogen) atoms. The summed E-state index contributed by atoms with van der Waals surface area (Å²) < 4.78 is 33.1. The number of carbonyl (C=O) groups excluding carboxylic acids is 1. The van der Waals surface area contributed by atoms with Gasteiger partial charge in [0, 0.05) is 24.0 Å². The first-order valence-electron chi connectivity index (χ1n) is 10.2. The van der Waals surface area contributed by atoms with Gasteiger partial charge in [-0.2, -0.15) is 4.31 Å². The molecule has 0 unspecified atom stereocenters. The number of benzene rings is 1. The van der Waals surface area contributed by atoms with Gasteiger partial charge in [-0.25, -0.2) is 13.4 Å². The summed E-state index contributed by atoms with van der Waals surface area (Å²) in [5.41, 5.74) is 1.02. The second-order valence-corrected chi connectivity index (χ2v) is 11.0. The highest BCUT2D eigenvalue weighted by atomic mass is 32.2. The lowest BCUT2D eigenvalue weighted by molar-refractivity contribution is 0.102. The Morgan fingerprint density at radius 1 is 1.13 bits per heavy atom. The summed E-state index contributed by atoms with van der Waals surface area (Å²) in [6.45, 7) is 7.05. The number of anilines is 1. The van der Waals surface area contributed by atoms with Crippen LogP contribution in [0.4, 0.5) is 5.13 Å². The summed E-state index contributed by atoms with van der Waals surface area (Å²) in [5, 5.41) is 5.01. The molecule has 3 heterocycles. The van der Waals surface area contributed by atoms with E-state index in [-0.39, 0.29) is 10.8 Å². The van der Waals surface area contributed by atoms with Gasteiger partial charge < -0.3 is 4.42 Å². The van der Waals surface area contributed by atoms with Gasteiger partial charge in [-0.1, -0.05) is 13.8 Å². The van der Waals surface area contributed by atoms with Crippen LogP contribution in [-0.2, 0) is 10.0 Å². The minimum absolute atomic E-state index is 0.204. The smallest absolute Gasteiger partial charge is 0.257 e. The van der Waals surface area contributed by atoms with Crippen LogP contribution in [0.2, 0.25) is 0 Å². The van der Waals surface area contributed by atoms with Crippen LogP contribution in [-0.4, -0.2) is 36.7 Å². The molecule has 164 valence electrons. The molecule has 0 bridgehead atoms. The molecule has 1 aliphatic rings. The highest BCUT2D eigenvalue weighted by molar-refractivity contribution is 7.89. The molecule has 9 heteroatoms. The Morgan fingerprint density at radius 2 is 1.81 bits per heavy atom. The first kappa shape index (κ1) is 21.7. The molecule has 0 spiro atoms. The molecule has 7 nitrogen and oxygen atoms in total. The Kier molecular flexibility index (Phi) is 6.00. The lowest BCUT2D eigenvalue weighted by Gasteiger charge is -2.34. The van der Waals surface area contributed by atoms with Gasteiger partial charge in [0.25, 0.3) is 5.91 Å². The number of rotatable bonds is 5. The molecule has 4 rings (SSSR count). The molecule has 0 saturated carbocycles. The average molecular weight is 460 g/mol. The largest absolute Gasteiger partial charge is 0.460 e. The van der Waals surface area contributed by atoms with Crippen molar-refractivity contribution in [1.29, 1.82) is 0 Å². The maximum Gasteiger partial charge on any atom is 0.257 e. The van der Waals surface area contributed by atoms with Crippen LogP contribution < -0.4 is 5.32 Å². The van der Waals surface area contributed by atoms with Crippen molar-refractivity contribution in [3.05, 3.63) is 53.1 Å². The zero-order valence-corrected chi connectivity index (χ0v) is 19.3. The topological polar surface area (TPSA) is 92.5 Å². The molecule has 1 amide bonds. The third-order valence-electron chi connectivity index (χ3n) is 5.31. The zero-order valence-electron chi connectivity index (χ0n) is 17.7. The lowest BCUT2D eigenvalue weighted by atomic mass is 9.94. The number of sulfonamides is 1. The summed E-state index contributed by atoms with van der Waals surface area (Å²) >= 11 is 1.30. The van der Waals surface area contributed by atoms with E-state index in [0.717, 1.165) is 12.2 Å². The highest BCUT2D eigenvalue weighted by Crippen LogP contribution is 2.28. The van der Waals surface area contributed by atoms with Crippen molar-refractivity contribution >= 4 is 32.4 Å². The predicted molar refractivity (Wildman–Crippen MR) is 121 cm³/mol. The van der Waals surface area contributed by atoms with E-state index in [1.54, 1.807) is 4.31 Å². The second-order valence-electron chi connectivity index (χ2n) is 8.19. The van der Waals surface area contributed by atoms with Gasteiger partial charge in [-0.3, -0.25) is 10.1 Å². The van der Waals surface area contributed by atoms with Gasteiger partial charge in [0.05, 0.1) is 4.90 Å². The van der Waals surface area contributed by atoms with Gasteiger partial charge in [0.1, 0.15) is 11.5 Å². The van der Waals surface area contributed by atoms with Crippen LogP contribution in [0.1, 0.15) is 36.4 Å². The van der Waals surface area contributed by atoms with E-state index in [1.165, 1.54) is 35.6 Å². The summed E-state index contributed by atoms with van der Waals surface area (Å²) in [5.74, 6) is 1.75. The third kappa shape index (κ3) is 4.73. The van der Waals surface area contributed by atoms with Crippen molar-refractivity contribution < 1.29 is 17.6 Å². The molecule has 0 radical (unpaired) electrons. The first-order chi connectivity index (χ1) is 14.7. The van der Waals surface area contributed by atoms with E-state index in [4.69, 9.17) is 4.42 Å². The van der Waals surface area contributed by atoms with Crippen molar-refractivity contribution in [1.82, 2.24) is 9.29 Å². The van der Waals surface area contributed by atoms with Gasteiger partial charge >= 0.3 is 0 Å². The molecular formula is C22H25N3O4S2. The van der Waals surface area contributed by atoms with Gasteiger partial charge in [-0.05, 0) is 61.6 Å². The normalized spacial score (nSPS) is 20.0. The molecule has 0 aliphatic carbocycles. The number of nitrogens with one attached hydrogen (secondary N) is 1. The van der Waals surface area contributed by atoms with Crippen molar-refractivity contribution in [2.45, 2.75) is 32.1 Å². The second kappa shape index (κ2) is 8.57.